The molecule has 0 amide bonds. The second kappa shape index (κ2) is 5.36. The number of hydrogen-bond donors (Lipinski definition) is 0. The van der Waals surface area contributed by atoms with E-state index in [4.69, 9.17) is 11.6 Å². The molecule has 0 saturated heterocycles. The maximum atomic E-state index is 6.72. The molecule has 3 rings (SSSR count). The van der Waals surface area contributed by atoms with Crippen LogP contribution in [0.4, 0.5) is 0 Å². The van der Waals surface area contributed by atoms with Crippen molar-refractivity contribution >= 4 is 38.9 Å². The topological polar surface area (TPSA) is 0 Å². The van der Waals surface area contributed by atoms with Gasteiger partial charge in [0.15, 0.2) is 0 Å². The highest BCUT2D eigenvalue weighted by Crippen LogP contribution is 2.46. The first-order valence-corrected chi connectivity index (χ1v) is 8.27. The standard InChI is InChI=1S/C15H14BrClS/c16-14-9-8-13(18-14)15(17)12-7-3-5-10-4-1-2-6-11(10)12/h1-2,4,6,8-9,12,15H,3,5,7H2. The average Bonchev–Trinajstić information content (AvgIpc) is 2.84. The molecular weight excluding hydrogens is 328 g/mol. The maximum Gasteiger partial charge on any atom is 0.0747 e. The van der Waals surface area contributed by atoms with Crippen molar-refractivity contribution < 1.29 is 0 Å². The van der Waals surface area contributed by atoms with Crippen LogP contribution >= 0.6 is 38.9 Å². The van der Waals surface area contributed by atoms with Crippen LogP contribution in [0.2, 0.25) is 0 Å². The van der Waals surface area contributed by atoms with Gasteiger partial charge < -0.3 is 0 Å². The Labute approximate surface area is 125 Å². The minimum Gasteiger partial charge on any atom is -0.132 e. The van der Waals surface area contributed by atoms with E-state index in [2.05, 4.69) is 52.3 Å². The lowest BCUT2D eigenvalue weighted by Crippen LogP contribution is -2.13. The molecule has 0 fully saturated rings. The zero-order valence-corrected chi connectivity index (χ0v) is 13.1. The van der Waals surface area contributed by atoms with E-state index in [0.717, 1.165) is 3.79 Å². The maximum absolute atomic E-state index is 6.72. The summed E-state index contributed by atoms with van der Waals surface area (Å²) in [6, 6.07) is 13.0. The number of benzene rings is 1. The third kappa shape index (κ3) is 2.38. The van der Waals surface area contributed by atoms with Crippen LogP contribution in [0.15, 0.2) is 40.2 Å². The molecule has 2 unspecified atom stereocenters. The SMILES string of the molecule is ClC(c1ccc(Br)s1)C1CCCc2ccccc21. The number of aryl methyl sites for hydroxylation is 1. The molecule has 0 saturated carbocycles. The fourth-order valence-electron chi connectivity index (χ4n) is 2.77. The third-order valence-corrected chi connectivity index (χ3v) is 6.01. The van der Waals surface area contributed by atoms with Gasteiger partial charge in [-0.2, -0.15) is 0 Å². The smallest absolute Gasteiger partial charge is 0.0747 e. The monoisotopic (exact) mass is 340 g/mol. The predicted octanol–water partition coefficient (Wildman–Crippen LogP) is 5.91. The van der Waals surface area contributed by atoms with Crippen LogP contribution in [0.5, 0.6) is 0 Å². The van der Waals surface area contributed by atoms with Crippen molar-refractivity contribution in [2.45, 2.75) is 30.6 Å². The molecule has 0 bridgehead atoms. The molecule has 0 N–H and O–H groups in total. The Balaban J connectivity index is 1.94. The summed E-state index contributed by atoms with van der Waals surface area (Å²) < 4.78 is 1.16. The molecule has 0 nitrogen and oxygen atoms in total. The van der Waals surface area contributed by atoms with Gasteiger partial charge >= 0.3 is 0 Å². The van der Waals surface area contributed by atoms with Crippen molar-refractivity contribution in [3.63, 3.8) is 0 Å². The normalized spacial score (nSPS) is 20.4. The van der Waals surface area contributed by atoms with Gasteiger partial charge in [-0.3, -0.25) is 0 Å². The van der Waals surface area contributed by atoms with E-state index in [0.29, 0.717) is 5.92 Å². The highest BCUT2D eigenvalue weighted by atomic mass is 79.9. The van der Waals surface area contributed by atoms with Gasteiger partial charge in [-0.15, -0.1) is 22.9 Å². The third-order valence-electron chi connectivity index (χ3n) is 3.63. The summed E-state index contributed by atoms with van der Waals surface area (Å²) in [4.78, 5) is 1.27. The molecule has 3 heteroatoms. The summed E-state index contributed by atoms with van der Waals surface area (Å²) in [5.74, 6) is 0.460. The molecule has 2 atom stereocenters. The highest BCUT2D eigenvalue weighted by molar-refractivity contribution is 9.11. The molecule has 0 aliphatic heterocycles. The van der Waals surface area contributed by atoms with Gasteiger partial charge in [0.2, 0.25) is 0 Å². The first-order chi connectivity index (χ1) is 8.75. The van der Waals surface area contributed by atoms with Crippen molar-refractivity contribution in [3.8, 4) is 0 Å². The minimum atomic E-state index is 0.0998. The molecule has 94 valence electrons. The van der Waals surface area contributed by atoms with Gasteiger partial charge in [0.05, 0.1) is 9.16 Å². The second-order valence-electron chi connectivity index (χ2n) is 4.74. The largest absolute Gasteiger partial charge is 0.132 e. The Hall–Kier alpha value is -0.310. The Morgan fingerprint density at radius 2 is 2.06 bits per heavy atom. The van der Waals surface area contributed by atoms with Crippen LogP contribution in [-0.4, -0.2) is 0 Å². The van der Waals surface area contributed by atoms with Crippen molar-refractivity contribution in [3.05, 3.63) is 56.2 Å². The Morgan fingerprint density at radius 3 is 2.83 bits per heavy atom. The van der Waals surface area contributed by atoms with Gasteiger partial charge in [-0.1, -0.05) is 24.3 Å². The molecule has 18 heavy (non-hydrogen) atoms. The fraction of sp³-hybridized carbons (Fsp3) is 0.333. The summed E-state index contributed by atoms with van der Waals surface area (Å²) in [5.41, 5.74) is 2.93. The van der Waals surface area contributed by atoms with Gasteiger partial charge in [0, 0.05) is 10.8 Å². The first kappa shape index (κ1) is 12.7. The number of halogens is 2. The van der Waals surface area contributed by atoms with Crippen LogP contribution in [0.3, 0.4) is 0 Å². The Bertz CT molecular complexity index is 549. The van der Waals surface area contributed by atoms with Crippen molar-refractivity contribution in [1.82, 2.24) is 0 Å². The zero-order chi connectivity index (χ0) is 12.5. The van der Waals surface area contributed by atoms with Gasteiger partial charge in [0.25, 0.3) is 0 Å². The van der Waals surface area contributed by atoms with Crippen molar-refractivity contribution in [1.29, 1.82) is 0 Å². The fourth-order valence-corrected chi connectivity index (χ4v) is 4.71. The number of alkyl halides is 1. The summed E-state index contributed by atoms with van der Waals surface area (Å²) in [5, 5.41) is 0.0998. The van der Waals surface area contributed by atoms with E-state index < -0.39 is 0 Å². The quantitative estimate of drug-likeness (QED) is 0.596. The number of rotatable bonds is 2. The van der Waals surface area contributed by atoms with E-state index in [1.54, 1.807) is 11.3 Å². The van der Waals surface area contributed by atoms with Crippen LogP contribution in [0.25, 0.3) is 0 Å². The van der Waals surface area contributed by atoms with Crippen LogP contribution < -0.4 is 0 Å². The molecule has 2 aromatic rings. The minimum absolute atomic E-state index is 0.0998. The zero-order valence-electron chi connectivity index (χ0n) is 9.90. The van der Waals surface area contributed by atoms with Crippen LogP contribution in [0.1, 0.15) is 40.1 Å². The van der Waals surface area contributed by atoms with E-state index in [9.17, 15) is 0 Å². The lowest BCUT2D eigenvalue weighted by molar-refractivity contribution is 0.542. The van der Waals surface area contributed by atoms with Crippen molar-refractivity contribution in [2.75, 3.05) is 0 Å². The van der Waals surface area contributed by atoms with E-state index in [1.807, 2.05) is 0 Å². The number of thiophene rings is 1. The molecule has 1 aromatic carbocycles. The molecule has 1 aromatic heterocycles. The van der Waals surface area contributed by atoms with Gasteiger partial charge in [-0.25, -0.2) is 0 Å². The molecule has 1 aliphatic rings. The molecule has 0 spiro atoms. The van der Waals surface area contributed by atoms with E-state index in [-0.39, 0.29) is 5.38 Å². The lowest BCUT2D eigenvalue weighted by Gasteiger charge is -2.28. The Morgan fingerprint density at radius 1 is 1.22 bits per heavy atom. The summed E-state index contributed by atoms with van der Waals surface area (Å²) >= 11 is 12.0. The first-order valence-electron chi connectivity index (χ1n) is 6.23. The predicted molar refractivity (Wildman–Crippen MR) is 82.7 cm³/mol. The van der Waals surface area contributed by atoms with Gasteiger partial charge in [0.1, 0.15) is 0 Å². The number of fused-ring (bicyclic) bond motifs is 1. The molecule has 0 radical (unpaired) electrons. The number of hydrogen-bond acceptors (Lipinski definition) is 1. The second-order valence-corrected chi connectivity index (χ2v) is 7.71. The molecule has 1 aliphatic carbocycles. The van der Waals surface area contributed by atoms with E-state index >= 15 is 0 Å². The summed E-state index contributed by atoms with van der Waals surface area (Å²) in [6.07, 6.45) is 3.64. The van der Waals surface area contributed by atoms with Crippen LogP contribution in [-0.2, 0) is 6.42 Å². The van der Waals surface area contributed by atoms with E-state index in [1.165, 1.54) is 35.3 Å². The molecule has 1 heterocycles. The lowest BCUT2D eigenvalue weighted by atomic mass is 9.80. The van der Waals surface area contributed by atoms with Gasteiger partial charge in [-0.05, 0) is 58.5 Å². The molecular formula is C15H14BrClS. The summed E-state index contributed by atoms with van der Waals surface area (Å²) in [7, 11) is 0. The van der Waals surface area contributed by atoms with Crippen molar-refractivity contribution in [2.24, 2.45) is 0 Å². The Kier molecular flexibility index (Phi) is 3.78. The summed E-state index contributed by atoms with van der Waals surface area (Å²) in [6.45, 7) is 0. The average molecular weight is 342 g/mol. The van der Waals surface area contributed by atoms with Crippen LogP contribution in [0, 0.1) is 0 Å². The highest BCUT2D eigenvalue weighted by Gasteiger charge is 2.28.